The van der Waals surface area contributed by atoms with E-state index in [0.29, 0.717) is 16.5 Å². The summed E-state index contributed by atoms with van der Waals surface area (Å²) in [4.78, 5) is 0. The fourth-order valence-corrected chi connectivity index (χ4v) is 3.97. The van der Waals surface area contributed by atoms with E-state index in [1.54, 1.807) is 14.2 Å². The van der Waals surface area contributed by atoms with Gasteiger partial charge < -0.3 is 9.47 Å². The van der Waals surface area contributed by atoms with Crippen molar-refractivity contribution in [2.45, 2.75) is 10.9 Å². The second-order valence-electron chi connectivity index (χ2n) is 6.59. The first-order valence-corrected chi connectivity index (χ1v) is 10.4. The van der Waals surface area contributed by atoms with Crippen LogP contribution in [0.4, 0.5) is 8.78 Å². The predicted octanol–water partition coefficient (Wildman–Crippen LogP) is 5.52. The van der Waals surface area contributed by atoms with Crippen LogP contribution in [0.15, 0.2) is 71.9 Å². The van der Waals surface area contributed by atoms with Gasteiger partial charge in [0.1, 0.15) is 23.1 Å². The lowest BCUT2D eigenvalue weighted by atomic mass is 10.2. The molecule has 31 heavy (non-hydrogen) atoms. The second kappa shape index (κ2) is 9.18. The summed E-state index contributed by atoms with van der Waals surface area (Å²) >= 11 is 1.32. The predicted molar refractivity (Wildman–Crippen MR) is 116 cm³/mol. The van der Waals surface area contributed by atoms with Gasteiger partial charge in [-0.1, -0.05) is 17.8 Å². The van der Waals surface area contributed by atoms with Crippen molar-refractivity contribution in [1.82, 2.24) is 14.8 Å². The van der Waals surface area contributed by atoms with Crippen LogP contribution < -0.4 is 9.47 Å². The maximum absolute atomic E-state index is 14.1. The second-order valence-corrected chi connectivity index (χ2v) is 7.54. The molecule has 5 nitrogen and oxygen atoms in total. The van der Waals surface area contributed by atoms with Crippen molar-refractivity contribution in [2.75, 3.05) is 14.2 Å². The smallest absolute Gasteiger partial charge is 0.196 e. The van der Waals surface area contributed by atoms with E-state index in [1.165, 1.54) is 23.9 Å². The summed E-state index contributed by atoms with van der Waals surface area (Å²) in [5.74, 6) is 1.19. The zero-order valence-corrected chi connectivity index (χ0v) is 17.7. The van der Waals surface area contributed by atoms with Crippen molar-refractivity contribution in [3.05, 3.63) is 83.9 Å². The van der Waals surface area contributed by atoms with Crippen molar-refractivity contribution >= 4 is 11.8 Å². The number of hydrogen-bond donors (Lipinski definition) is 0. The maximum atomic E-state index is 14.1. The molecule has 4 aromatic rings. The van der Waals surface area contributed by atoms with Gasteiger partial charge in [0, 0.05) is 23.1 Å². The van der Waals surface area contributed by atoms with Gasteiger partial charge in [-0.05, 0) is 60.2 Å². The number of ether oxygens (including phenoxy) is 2. The molecule has 0 amide bonds. The topological polar surface area (TPSA) is 49.2 Å². The van der Waals surface area contributed by atoms with Gasteiger partial charge >= 0.3 is 0 Å². The van der Waals surface area contributed by atoms with Gasteiger partial charge in [-0.25, -0.2) is 8.78 Å². The lowest BCUT2D eigenvalue weighted by Gasteiger charge is -2.12. The molecule has 0 aliphatic rings. The molecule has 0 saturated heterocycles. The normalized spacial score (nSPS) is 10.8. The molecule has 0 N–H and O–H groups in total. The number of hydrogen-bond acceptors (Lipinski definition) is 5. The first-order valence-electron chi connectivity index (χ1n) is 9.40. The van der Waals surface area contributed by atoms with E-state index in [1.807, 2.05) is 53.1 Å². The number of nitrogens with zero attached hydrogens (tertiary/aromatic N) is 3. The van der Waals surface area contributed by atoms with Gasteiger partial charge in [-0.3, -0.25) is 4.57 Å². The van der Waals surface area contributed by atoms with Crippen LogP contribution in [-0.4, -0.2) is 29.0 Å². The molecule has 158 valence electrons. The lowest BCUT2D eigenvalue weighted by Crippen LogP contribution is -2.00. The van der Waals surface area contributed by atoms with Crippen LogP contribution in [-0.2, 0) is 5.75 Å². The molecule has 0 fully saturated rings. The highest BCUT2D eigenvalue weighted by molar-refractivity contribution is 7.98. The molecule has 8 heteroatoms. The summed E-state index contributed by atoms with van der Waals surface area (Å²) in [7, 11) is 3.22. The Hall–Kier alpha value is -3.39. The first kappa shape index (κ1) is 20.9. The monoisotopic (exact) mass is 439 g/mol. The Labute approximate surface area is 182 Å². The highest BCUT2D eigenvalue weighted by atomic mass is 32.2. The summed E-state index contributed by atoms with van der Waals surface area (Å²) in [6.45, 7) is 0. The Morgan fingerprint density at radius 1 is 0.839 bits per heavy atom. The molecule has 3 aromatic carbocycles. The summed E-state index contributed by atoms with van der Waals surface area (Å²) in [6.07, 6.45) is 0. The van der Waals surface area contributed by atoms with Gasteiger partial charge in [0.05, 0.1) is 14.2 Å². The molecule has 0 radical (unpaired) electrons. The van der Waals surface area contributed by atoms with E-state index in [4.69, 9.17) is 9.47 Å². The Morgan fingerprint density at radius 3 is 2.10 bits per heavy atom. The van der Waals surface area contributed by atoms with Crippen LogP contribution in [0.1, 0.15) is 5.56 Å². The minimum Gasteiger partial charge on any atom is -0.497 e. The molecular weight excluding hydrogens is 420 g/mol. The van der Waals surface area contributed by atoms with E-state index >= 15 is 0 Å². The molecule has 0 saturated carbocycles. The van der Waals surface area contributed by atoms with Gasteiger partial charge in [-0.15, -0.1) is 10.2 Å². The summed E-state index contributed by atoms with van der Waals surface area (Å²) in [5.41, 5.74) is 2.07. The van der Waals surface area contributed by atoms with Crippen molar-refractivity contribution in [1.29, 1.82) is 0 Å². The van der Waals surface area contributed by atoms with E-state index in [2.05, 4.69) is 10.2 Å². The van der Waals surface area contributed by atoms with E-state index in [-0.39, 0.29) is 5.75 Å². The third-order valence-corrected chi connectivity index (χ3v) is 5.66. The zero-order chi connectivity index (χ0) is 21.8. The number of thioether (sulfide) groups is 1. The fourth-order valence-electron chi connectivity index (χ4n) is 3.04. The minimum atomic E-state index is -0.602. The van der Waals surface area contributed by atoms with Gasteiger partial charge in [0.15, 0.2) is 11.0 Å². The Balaban J connectivity index is 1.72. The molecule has 0 bridgehead atoms. The average molecular weight is 439 g/mol. The molecule has 0 aliphatic heterocycles. The molecule has 4 rings (SSSR count). The fraction of sp³-hybridized carbons (Fsp3) is 0.130. The molecule has 0 spiro atoms. The number of aromatic nitrogens is 3. The molecule has 0 unspecified atom stereocenters. The van der Waals surface area contributed by atoms with E-state index in [0.717, 1.165) is 28.8 Å². The summed E-state index contributed by atoms with van der Waals surface area (Å²) in [6, 6.07) is 18.6. The van der Waals surface area contributed by atoms with Crippen molar-refractivity contribution < 1.29 is 18.3 Å². The van der Waals surface area contributed by atoms with Crippen LogP contribution in [0, 0.1) is 11.6 Å². The third-order valence-electron chi connectivity index (χ3n) is 4.68. The van der Waals surface area contributed by atoms with Crippen molar-refractivity contribution in [3.63, 3.8) is 0 Å². The van der Waals surface area contributed by atoms with Crippen molar-refractivity contribution in [2.24, 2.45) is 0 Å². The van der Waals surface area contributed by atoms with Gasteiger partial charge in [-0.2, -0.15) is 0 Å². The van der Waals surface area contributed by atoms with Crippen LogP contribution in [0.3, 0.4) is 0 Å². The van der Waals surface area contributed by atoms with Crippen LogP contribution >= 0.6 is 11.8 Å². The highest BCUT2D eigenvalue weighted by Gasteiger charge is 2.17. The maximum Gasteiger partial charge on any atom is 0.196 e. The zero-order valence-electron chi connectivity index (χ0n) is 16.9. The van der Waals surface area contributed by atoms with E-state index in [9.17, 15) is 8.78 Å². The highest BCUT2D eigenvalue weighted by Crippen LogP contribution is 2.31. The number of methoxy groups -OCH3 is 2. The number of halogens is 2. The molecule has 0 atom stereocenters. The average Bonchev–Trinajstić information content (AvgIpc) is 3.22. The summed E-state index contributed by atoms with van der Waals surface area (Å²) in [5, 5.41) is 9.29. The lowest BCUT2D eigenvalue weighted by molar-refractivity contribution is 0.414. The summed E-state index contributed by atoms with van der Waals surface area (Å²) < 4.78 is 39.7. The quantitative estimate of drug-likeness (QED) is 0.355. The molecule has 0 aliphatic carbocycles. The van der Waals surface area contributed by atoms with Gasteiger partial charge in [0.2, 0.25) is 0 Å². The largest absolute Gasteiger partial charge is 0.497 e. The van der Waals surface area contributed by atoms with E-state index < -0.39 is 11.6 Å². The molecule has 1 aromatic heterocycles. The van der Waals surface area contributed by atoms with Crippen LogP contribution in [0.2, 0.25) is 0 Å². The van der Waals surface area contributed by atoms with Gasteiger partial charge in [0.25, 0.3) is 0 Å². The number of benzene rings is 3. The van der Waals surface area contributed by atoms with Crippen LogP contribution in [0.25, 0.3) is 17.1 Å². The molecular formula is C23H19F2N3O2S. The Kier molecular flexibility index (Phi) is 6.18. The minimum absolute atomic E-state index is 0.281. The SMILES string of the molecule is COc1ccc(-c2nnc(SCc3ccc(F)cc3F)n2-c2ccc(OC)cc2)cc1. The standard InChI is InChI=1S/C23H19F2N3O2S/c1-29-19-9-4-15(5-10-19)22-26-27-23(28(22)18-7-11-20(30-2)12-8-18)31-14-16-3-6-17(24)13-21(16)25/h3-13H,14H2,1-2H3. The first-order chi connectivity index (χ1) is 15.1. The Bertz CT molecular complexity index is 1180. The third kappa shape index (κ3) is 4.54. The van der Waals surface area contributed by atoms with Crippen molar-refractivity contribution in [3.8, 4) is 28.6 Å². The Morgan fingerprint density at radius 2 is 1.48 bits per heavy atom. The molecule has 1 heterocycles. The number of rotatable bonds is 7. The van der Waals surface area contributed by atoms with Crippen LogP contribution in [0.5, 0.6) is 11.5 Å².